The van der Waals surface area contributed by atoms with Gasteiger partial charge in [-0.15, -0.1) is 11.8 Å². The summed E-state index contributed by atoms with van der Waals surface area (Å²) in [6.45, 7) is 2.33. The van der Waals surface area contributed by atoms with Crippen LogP contribution in [0.3, 0.4) is 0 Å². The Morgan fingerprint density at radius 2 is 2.13 bits per heavy atom. The third-order valence-electron chi connectivity index (χ3n) is 1.68. The van der Waals surface area contributed by atoms with Crippen molar-refractivity contribution < 1.29 is 9.63 Å². The van der Waals surface area contributed by atoms with Crippen LogP contribution in [0.1, 0.15) is 12.5 Å². The Labute approximate surface area is 94.2 Å². The minimum Gasteiger partial charge on any atom is -0.274 e. The first-order chi connectivity index (χ1) is 7.33. The van der Waals surface area contributed by atoms with Crippen LogP contribution >= 0.6 is 11.8 Å². The van der Waals surface area contributed by atoms with Gasteiger partial charge in [0, 0.05) is 5.75 Å². The number of carbonyl (C=O) groups excluding carboxylic acids is 1. The fourth-order valence-electron chi connectivity index (χ4n) is 1.02. The van der Waals surface area contributed by atoms with E-state index in [0.717, 1.165) is 5.75 Å². The maximum atomic E-state index is 11.1. The highest BCUT2D eigenvalue weighted by atomic mass is 32.2. The summed E-state index contributed by atoms with van der Waals surface area (Å²) in [5.41, 5.74) is 3.59. The molecule has 1 N–H and O–H groups in total. The molecule has 0 atom stereocenters. The van der Waals surface area contributed by atoms with E-state index in [9.17, 15) is 4.79 Å². The molecule has 1 aromatic rings. The Bertz CT molecular complexity index is 290. The first-order valence-corrected chi connectivity index (χ1v) is 6.00. The molecular formula is C11H15NO2S. The smallest absolute Gasteiger partial charge is 0.253 e. The van der Waals surface area contributed by atoms with Gasteiger partial charge in [0.05, 0.1) is 12.4 Å². The van der Waals surface area contributed by atoms with Crippen LogP contribution in [0.25, 0.3) is 0 Å². The third-order valence-corrected chi connectivity index (χ3v) is 2.68. The molecule has 0 heterocycles. The summed E-state index contributed by atoms with van der Waals surface area (Å²) < 4.78 is 0. The predicted octanol–water partition coefficient (Wildman–Crippen LogP) is 1.99. The lowest BCUT2D eigenvalue weighted by atomic mass is 10.2. The lowest BCUT2D eigenvalue weighted by Crippen LogP contribution is -2.25. The highest BCUT2D eigenvalue weighted by molar-refractivity contribution is 7.99. The van der Waals surface area contributed by atoms with Crippen LogP contribution in [0.2, 0.25) is 0 Å². The quantitative estimate of drug-likeness (QED) is 0.752. The number of rotatable bonds is 6. The molecule has 1 rings (SSSR count). The Balaban J connectivity index is 2.14. The van der Waals surface area contributed by atoms with Gasteiger partial charge in [-0.25, -0.2) is 5.48 Å². The van der Waals surface area contributed by atoms with Crippen molar-refractivity contribution in [1.29, 1.82) is 0 Å². The fourth-order valence-corrected chi connectivity index (χ4v) is 1.79. The Morgan fingerprint density at radius 1 is 1.40 bits per heavy atom. The van der Waals surface area contributed by atoms with Gasteiger partial charge in [-0.3, -0.25) is 9.63 Å². The lowest BCUT2D eigenvalue weighted by molar-refractivity contribution is -0.130. The minimum absolute atomic E-state index is 0.0854. The Morgan fingerprint density at radius 3 is 2.80 bits per heavy atom. The number of benzene rings is 1. The average Bonchev–Trinajstić information content (AvgIpc) is 2.28. The van der Waals surface area contributed by atoms with Gasteiger partial charge in [0.15, 0.2) is 0 Å². The molecule has 4 heteroatoms. The lowest BCUT2D eigenvalue weighted by Gasteiger charge is -2.03. The minimum atomic E-state index is -0.0854. The number of carbonyl (C=O) groups is 1. The second-order valence-electron chi connectivity index (χ2n) is 2.94. The zero-order valence-corrected chi connectivity index (χ0v) is 9.55. The van der Waals surface area contributed by atoms with Crippen molar-refractivity contribution in [2.75, 3.05) is 12.4 Å². The molecule has 0 fully saturated rings. The number of thioether (sulfide) groups is 1. The average molecular weight is 225 g/mol. The largest absolute Gasteiger partial charge is 0.274 e. The van der Waals surface area contributed by atoms with Crippen LogP contribution < -0.4 is 5.48 Å². The van der Waals surface area contributed by atoms with E-state index in [2.05, 4.69) is 5.48 Å². The van der Waals surface area contributed by atoms with Gasteiger partial charge in [-0.2, -0.15) is 0 Å². The monoisotopic (exact) mass is 225 g/mol. The summed E-state index contributed by atoms with van der Waals surface area (Å²) in [7, 11) is 0. The fraction of sp³-hybridized carbons (Fsp3) is 0.364. The number of amides is 1. The molecule has 0 aliphatic heterocycles. The van der Waals surface area contributed by atoms with E-state index < -0.39 is 0 Å². The third kappa shape index (κ3) is 5.44. The molecule has 1 amide bonds. The topological polar surface area (TPSA) is 38.3 Å². The van der Waals surface area contributed by atoms with Crippen LogP contribution in [0, 0.1) is 0 Å². The molecule has 0 aliphatic rings. The maximum Gasteiger partial charge on any atom is 0.253 e. The van der Waals surface area contributed by atoms with Gasteiger partial charge in [0.25, 0.3) is 5.91 Å². The number of hydrogen-bond donors (Lipinski definition) is 1. The molecule has 0 bridgehead atoms. The van der Waals surface area contributed by atoms with Crippen LogP contribution in [0.5, 0.6) is 0 Å². The van der Waals surface area contributed by atoms with E-state index in [1.807, 2.05) is 37.3 Å². The SMILES string of the molecule is CCONC(=O)CSCc1ccccc1. The molecule has 0 spiro atoms. The van der Waals surface area contributed by atoms with Crippen LogP contribution in [-0.4, -0.2) is 18.3 Å². The van der Waals surface area contributed by atoms with E-state index in [0.29, 0.717) is 12.4 Å². The molecular weight excluding hydrogens is 210 g/mol. The normalized spacial score (nSPS) is 9.93. The summed E-state index contributed by atoms with van der Waals surface area (Å²) in [6, 6.07) is 10.1. The molecule has 3 nitrogen and oxygen atoms in total. The van der Waals surface area contributed by atoms with E-state index in [4.69, 9.17) is 4.84 Å². The van der Waals surface area contributed by atoms with Crippen molar-refractivity contribution in [3.8, 4) is 0 Å². The van der Waals surface area contributed by atoms with Crippen LogP contribution in [0.4, 0.5) is 0 Å². The molecule has 0 aromatic heterocycles. The summed E-state index contributed by atoms with van der Waals surface area (Å²) in [5, 5.41) is 0. The molecule has 82 valence electrons. The highest BCUT2D eigenvalue weighted by Crippen LogP contribution is 2.10. The standard InChI is InChI=1S/C11H15NO2S/c1-2-14-12-11(13)9-15-8-10-6-4-3-5-7-10/h3-7H,2,8-9H2,1H3,(H,12,13). The second-order valence-corrected chi connectivity index (χ2v) is 3.92. The predicted molar refractivity (Wildman–Crippen MR) is 62.4 cm³/mol. The van der Waals surface area contributed by atoms with Crippen molar-refractivity contribution in [3.63, 3.8) is 0 Å². The zero-order chi connectivity index (χ0) is 10.9. The van der Waals surface area contributed by atoms with Gasteiger partial charge in [0.2, 0.25) is 0 Å². The summed E-state index contributed by atoms with van der Waals surface area (Å²) in [5.74, 6) is 1.19. The van der Waals surface area contributed by atoms with Gasteiger partial charge in [-0.05, 0) is 12.5 Å². The molecule has 0 saturated carbocycles. The highest BCUT2D eigenvalue weighted by Gasteiger charge is 2.00. The van der Waals surface area contributed by atoms with Crippen molar-refractivity contribution in [2.45, 2.75) is 12.7 Å². The van der Waals surface area contributed by atoms with E-state index in [1.54, 1.807) is 11.8 Å². The molecule has 0 saturated heterocycles. The maximum absolute atomic E-state index is 11.1. The van der Waals surface area contributed by atoms with Crippen LogP contribution in [0.15, 0.2) is 30.3 Å². The van der Waals surface area contributed by atoms with Crippen molar-refractivity contribution in [2.24, 2.45) is 0 Å². The zero-order valence-electron chi connectivity index (χ0n) is 8.73. The molecule has 15 heavy (non-hydrogen) atoms. The number of nitrogens with one attached hydrogen (secondary N) is 1. The van der Waals surface area contributed by atoms with E-state index in [1.165, 1.54) is 5.56 Å². The van der Waals surface area contributed by atoms with Crippen LogP contribution in [-0.2, 0) is 15.4 Å². The van der Waals surface area contributed by atoms with Crippen molar-refractivity contribution in [3.05, 3.63) is 35.9 Å². The molecule has 0 unspecified atom stereocenters. The molecule has 1 aromatic carbocycles. The first-order valence-electron chi connectivity index (χ1n) is 4.85. The van der Waals surface area contributed by atoms with Gasteiger partial charge < -0.3 is 0 Å². The van der Waals surface area contributed by atoms with Gasteiger partial charge >= 0.3 is 0 Å². The molecule has 0 aliphatic carbocycles. The molecule has 0 radical (unpaired) electrons. The Hall–Kier alpha value is -1.00. The summed E-state index contributed by atoms with van der Waals surface area (Å²) in [4.78, 5) is 15.9. The van der Waals surface area contributed by atoms with E-state index >= 15 is 0 Å². The first kappa shape index (κ1) is 12.1. The van der Waals surface area contributed by atoms with Gasteiger partial charge in [0.1, 0.15) is 0 Å². The van der Waals surface area contributed by atoms with Crippen molar-refractivity contribution >= 4 is 17.7 Å². The Kier molecular flexibility index (Phi) is 5.88. The number of hydrogen-bond acceptors (Lipinski definition) is 3. The summed E-state index contributed by atoms with van der Waals surface area (Å²) in [6.07, 6.45) is 0. The van der Waals surface area contributed by atoms with E-state index in [-0.39, 0.29) is 5.91 Å². The summed E-state index contributed by atoms with van der Waals surface area (Å²) >= 11 is 1.57. The van der Waals surface area contributed by atoms with Gasteiger partial charge in [-0.1, -0.05) is 30.3 Å². The number of hydroxylamine groups is 1. The second kappa shape index (κ2) is 7.31. The van der Waals surface area contributed by atoms with Crippen molar-refractivity contribution in [1.82, 2.24) is 5.48 Å².